The fourth-order valence-electron chi connectivity index (χ4n) is 2.91. The SMILES string of the molecule is C=CCn1c(SCc2cc(=O)n3cc(Cl)ccc3n2)nc2cc(Cl)ccc2c1=O. The Labute approximate surface area is 179 Å². The summed E-state index contributed by atoms with van der Waals surface area (Å²) in [5.74, 6) is 0.365. The zero-order chi connectivity index (χ0) is 20.5. The molecule has 0 fully saturated rings. The lowest BCUT2D eigenvalue weighted by molar-refractivity contribution is 0.671. The predicted molar refractivity (Wildman–Crippen MR) is 117 cm³/mol. The van der Waals surface area contributed by atoms with E-state index in [2.05, 4.69) is 16.5 Å². The van der Waals surface area contributed by atoms with E-state index >= 15 is 0 Å². The zero-order valence-corrected chi connectivity index (χ0v) is 17.3. The quantitative estimate of drug-likeness (QED) is 0.262. The molecule has 0 radical (unpaired) electrons. The molecule has 0 unspecified atom stereocenters. The average Bonchev–Trinajstić information content (AvgIpc) is 2.69. The highest BCUT2D eigenvalue weighted by Crippen LogP contribution is 2.23. The lowest BCUT2D eigenvalue weighted by Gasteiger charge is -2.11. The number of fused-ring (bicyclic) bond motifs is 2. The molecule has 146 valence electrons. The van der Waals surface area contributed by atoms with Crippen molar-refractivity contribution in [3.8, 4) is 0 Å². The van der Waals surface area contributed by atoms with Crippen LogP contribution in [0.1, 0.15) is 5.69 Å². The first-order valence-corrected chi connectivity index (χ1v) is 10.3. The number of aromatic nitrogens is 4. The molecule has 0 N–H and O–H groups in total. The van der Waals surface area contributed by atoms with Crippen molar-refractivity contribution >= 4 is 51.5 Å². The molecule has 0 aliphatic rings. The van der Waals surface area contributed by atoms with Crippen LogP contribution in [0.4, 0.5) is 0 Å². The number of rotatable bonds is 5. The maximum Gasteiger partial charge on any atom is 0.262 e. The predicted octanol–water partition coefficient (Wildman–Crippen LogP) is 4.19. The third-order valence-electron chi connectivity index (χ3n) is 4.22. The molecule has 4 rings (SSSR count). The van der Waals surface area contributed by atoms with Crippen LogP contribution < -0.4 is 11.1 Å². The van der Waals surface area contributed by atoms with Crippen LogP contribution >= 0.6 is 35.0 Å². The molecule has 3 aromatic heterocycles. The molecule has 3 heterocycles. The number of pyridine rings is 1. The first-order chi connectivity index (χ1) is 14.0. The minimum absolute atomic E-state index is 0.171. The molecule has 1 aromatic carbocycles. The van der Waals surface area contributed by atoms with Gasteiger partial charge >= 0.3 is 0 Å². The van der Waals surface area contributed by atoms with Gasteiger partial charge in [-0.05, 0) is 30.3 Å². The summed E-state index contributed by atoms with van der Waals surface area (Å²) in [6, 6.07) is 9.79. The molecule has 0 bridgehead atoms. The van der Waals surface area contributed by atoms with Gasteiger partial charge < -0.3 is 0 Å². The molecule has 0 atom stereocenters. The van der Waals surface area contributed by atoms with Gasteiger partial charge in [0.2, 0.25) is 0 Å². The van der Waals surface area contributed by atoms with Crippen molar-refractivity contribution in [1.29, 1.82) is 0 Å². The fraction of sp³-hybridized carbons (Fsp3) is 0.100. The molecule has 4 aromatic rings. The summed E-state index contributed by atoms with van der Waals surface area (Å²) in [7, 11) is 0. The molecular weight excluding hydrogens is 431 g/mol. The second-order valence-electron chi connectivity index (χ2n) is 6.21. The molecule has 0 saturated heterocycles. The summed E-state index contributed by atoms with van der Waals surface area (Å²) in [6.07, 6.45) is 3.17. The summed E-state index contributed by atoms with van der Waals surface area (Å²) < 4.78 is 2.93. The van der Waals surface area contributed by atoms with Crippen LogP contribution in [0.2, 0.25) is 10.0 Å². The summed E-state index contributed by atoms with van der Waals surface area (Å²) in [6.45, 7) is 4.04. The van der Waals surface area contributed by atoms with Gasteiger partial charge in [-0.1, -0.05) is 41.0 Å². The van der Waals surface area contributed by atoms with Crippen LogP contribution in [0.15, 0.2) is 70.0 Å². The lowest BCUT2D eigenvalue weighted by atomic mass is 10.2. The summed E-state index contributed by atoms with van der Waals surface area (Å²) in [5.41, 5.74) is 1.20. The molecular formula is C20H14Cl2N4O2S. The van der Waals surface area contributed by atoms with E-state index in [9.17, 15) is 9.59 Å². The largest absolute Gasteiger partial charge is 0.283 e. The summed E-state index contributed by atoms with van der Waals surface area (Å²) in [4.78, 5) is 34.3. The normalized spacial score (nSPS) is 11.2. The highest BCUT2D eigenvalue weighted by Gasteiger charge is 2.12. The highest BCUT2D eigenvalue weighted by atomic mass is 35.5. The minimum atomic E-state index is -0.227. The van der Waals surface area contributed by atoms with Gasteiger partial charge in [-0.25, -0.2) is 9.97 Å². The Morgan fingerprint density at radius 3 is 2.66 bits per heavy atom. The maximum atomic E-state index is 12.9. The van der Waals surface area contributed by atoms with Crippen molar-refractivity contribution in [2.45, 2.75) is 17.5 Å². The van der Waals surface area contributed by atoms with E-state index in [0.29, 0.717) is 49.7 Å². The Bertz CT molecular complexity index is 1380. The number of hydrogen-bond donors (Lipinski definition) is 0. The number of halogens is 2. The molecule has 0 spiro atoms. The molecule has 0 amide bonds. The topological polar surface area (TPSA) is 69.3 Å². The van der Waals surface area contributed by atoms with Crippen LogP contribution in [0, 0.1) is 0 Å². The Hall–Kier alpha value is -2.61. The number of thioether (sulfide) groups is 1. The third kappa shape index (κ3) is 3.94. The Balaban J connectivity index is 1.74. The second kappa shape index (κ2) is 8.02. The van der Waals surface area contributed by atoms with Gasteiger partial charge in [0.25, 0.3) is 11.1 Å². The van der Waals surface area contributed by atoms with Crippen molar-refractivity contribution in [3.05, 3.63) is 91.7 Å². The molecule has 6 nitrogen and oxygen atoms in total. The second-order valence-corrected chi connectivity index (χ2v) is 8.03. The van der Waals surface area contributed by atoms with Crippen LogP contribution in [-0.2, 0) is 12.3 Å². The van der Waals surface area contributed by atoms with Crippen LogP contribution in [-0.4, -0.2) is 18.9 Å². The van der Waals surface area contributed by atoms with Gasteiger partial charge in [0.15, 0.2) is 5.16 Å². The van der Waals surface area contributed by atoms with Gasteiger partial charge in [-0.3, -0.25) is 18.6 Å². The number of hydrogen-bond acceptors (Lipinski definition) is 5. The highest BCUT2D eigenvalue weighted by molar-refractivity contribution is 7.98. The first-order valence-electron chi connectivity index (χ1n) is 8.58. The van der Waals surface area contributed by atoms with Crippen molar-refractivity contribution in [2.24, 2.45) is 0 Å². The van der Waals surface area contributed by atoms with Crippen molar-refractivity contribution < 1.29 is 0 Å². The molecule has 0 aliphatic carbocycles. The van der Waals surface area contributed by atoms with Gasteiger partial charge in [0, 0.05) is 29.6 Å². The average molecular weight is 445 g/mol. The van der Waals surface area contributed by atoms with Crippen molar-refractivity contribution in [2.75, 3.05) is 0 Å². The minimum Gasteiger partial charge on any atom is -0.283 e. The van der Waals surface area contributed by atoms with Gasteiger partial charge in [0.05, 0.1) is 21.6 Å². The number of benzene rings is 1. The van der Waals surface area contributed by atoms with Crippen LogP contribution in [0.25, 0.3) is 16.6 Å². The van der Waals surface area contributed by atoms with Crippen molar-refractivity contribution in [1.82, 2.24) is 18.9 Å². The monoisotopic (exact) mass is 444 g/mol. The molecule has 0 saturated carbocycles. The van der Waals surface area contributed by atoms with E-state index in [1.165, 1.54) is 28.4 Å². The smallest absolute Gasteiger partial charge is 0.262 e. The van der Waals surface area contributed by atoms with E-state index < -0.39 is 0 Å². The molecule has 9 heteroatoms. The lowest BCUT2D eigenvalue weighted by Crippen LogP contribution is -2.23. The standard InChI is InChI=1S/C20H14Cl2N4O2S/c1-2-7-25-19(28)15-5-3-12(21)8-16(15)24-20(25)29-11-14-9-18(27)26-10-13(22)4-6-17(26)23-14/h2-6,8-10H,1,7,11H2. The number of nitrogens with zero attached hydrogens (tertiary/aromatic N) is 4. The van der Waals surface area contributed by atoms with E-state index in [1.807, 2.05) is 0 Å². The van der Waals surface area contributed by atoms with E-state index in [4.69, 9.17) is 23.2 Å². The Kier molecular flexibility index (Phi) is 5.45. The summed E-state index contributed by atoms with van der Waals surface area (Å²) in [5, 5.41) is 1.95. The third-order valence-corrected chi connectivity index (χ3v) is 5.69. The van der Waals surface area contributed by atoms with Crippen LogP contribution in [0.5, 0.6) is 0 Å². The van der Waals surface area contributed by atoms with Crippen LogP contribution in [0.3, 0.4) is 0 Å². The zero-order valence-electron chi connectivity index (χ0n) is 15.0. The van der Waals surface area contributed by atoms with Gasteiger partial charge in [-0.2, -0.15) is 0 Å². The maximum absolute atomic E-state index is 12.9. The van der Waals surface area contributed by atoms with Gasteiger partial charge in [-0.15, -0.1) is 6.58 Å². The fourth-order valence-corrected chi connectivity index (χ4v) is 4.14. The molecule has 29 heavy (non-hydrogen) atoms. The van der Waals surface area contributed by atoms with Gasteiger partial charge in [0.1, 0.15) is 5.65 Å². The summed E-state index contributed by atoms with van der Waals surface area (Å²) >= 11 is 13.3. The Morgan fingerprint density at radius 1 is 1.07 bits per heavy atom. The first kappa shape index (κ1) is 19.7. The van der Waals surface area contributed by atoms with E-state index in [-0.39, 0.29) is 11.1 Å². The van der Waals surface area contributed by atoms with E-state index in [1.54, 1.807) is 41.0 Å². The Morgan fingerprint density at radius 2 is 1.86 bits per heavy atom. The van der Waals surface area contributed by atoms with Crippen molar-refractivity contribution in [3.63, 3.8) is 0 Å². The number of allylic oxidation sites excluding steroid dienone is 1. The molecule has 0 aliphatic heterocycles. The van der Waals surface area contributed by atoms with E-state index in [0.717, 1.165) is 0 Å².